The number of nitrogens with zero attached hydrogens (tertiary/aromatic N) is 2. The minimum Gasteiger partial charge on any atom is -0.378 e. The van der Waals surface area contributed by atoms with E-state index in [1.165, 1.54) is 18.2 Å². The Labute approximate surface area is 204 Å². The summed E-state index contributed by atoms with van der Waals surface area (Å²) >= 11 is 6.51. The highest BCUT2D eigenvalue weighted by Gasteiger charge is 2.29. The van der Waals surface area contributed by atoms with Crippen molar-refractivity contribution in [1.29, 1.82) is 0 Å². The molecule has 1 saturated heterocycles. The molecule has 0 unspecified atom stereocenters. The van der Waals surface area contributed by atoms with Gasteiger partial charge in [0, 0.05) is 48.0 Å². The van der Waals surface area contributed by atoms with Crippen LogP contribution in [0.25, 0.3) is 0 Å². The van der Waals surface area contributed by atoms with Gasteiger partial charge in [0.2, 0.25) is 0 Å². The second-order valence-electron chi connectivity index (χ2n) is 8.85. The van der Waals surface area contributed by atoms with Crippen LogP contribution in [-0.2, 0) is 11.3 Å². The van der Waals surface area contributed by atoms with E-state index in [-0.39, 0.29) is 30.6 Å². The quantitative estimate of drug-likeness (QED) is 0.658. The zero-order chi connectivity index (χ0) is 24.1. The molecule has 3 N–H and O–H groups in total. The van der Waals surface area contributed by atoms with Gasteiger partial charge >= 0.3 is 6.03 Å². The largest absolute Gasteiger partial charge is 0.378 e. The van der Waals surface area contributed by atoms with Gasteiger partial charge in [-0.25, -0.2) is 9.18 Å². The fraction of sp³-hybridized carbons (Fsp3) is 0.440. The molecule has 1 aliphatic carbocycles. The molecule has 2 aromatic carbocycles. The van der Waals surface area contributed by atoms with Gasteiger partial charge in [-0.05, 0) is 67.6 Å². The number of halogens is 2. The van der Waals surface area contributed by atoms with Crippen molar-refractivity contribution in [3.63, 3.8) is 0 Å². The lowest BCUT2D eigenvalue weighted by Crippen LogP contribution is -2.44. The van der Waals surface area contributed by atoms with Crippen molar-refractivity contribution >= 4 is 29.2 Å². The third-order valence-corrected chi connectivity index (χ3v) is 6.82. The van der Waals surface area contributed by atoms with Crippen molar-refractivity contribution in [2.24, 2.45) is 5.73 Å². The van der Waals surface area contributed by atoms with Crippen LogP contribution >= 0.6 is 11.6 Å². The second-order valence-corrected chi connectivity index (χ2v) is 9.25. The van der Waals surface area contributed by atoms with E-state index in [0.29, 0.717) is 48.1 Å². The number of amides is 3. The molecule has 9 heteroatoms. The number of rotatable bonds is 5. The lowest BCUT2D eigenvalue weighted by molar-refractivity contribution is 0.0564. The van der Waals surface area contributed by atoms with Gasteiger partial charge in [0.1, 0.15) is 5.82 Å². The third kappa shape index (κ3) is 6.05. The molecule has 2 fully saturated rings. The van der Waals surface area contributed by atoms with Crippen molar-refractivity contribution in [2.45, 2.75) is 44.3 Å². The Hall–Kier alpha value is -2.68. The molecule has 0 atom stereocenters. The first-order valence-electron chi connectivity index (χ1n) is 11.6. The number of ether oxygens (including phenoxy) is 1. The Morgan fingerprint density at radius 3 is 2.56 bits per heavy atom. The van der Waals surface area contributed by atoms with Crippen LogP contribution in [0.4, 0.5) is 14.9 Å². The molecule has 0 radical (unpaired) electrons. The van der Waals surface area contributed by atoms with E-state index in [1.807, 2.05) is 0 Å². The summed E-state index contributed by atoms with van der Waals surface area (Å²) in [5.41, 5.74) is 7.68. The predicted octanol–water partition coefficient (Wildman–Crippen LogP) is 4.26. The van der Waals surface area contributed by atoms with Gasteiger partial charge in [0.15, 0.2) is 0 Å². The van der Waals surface area contributed by atoms with Crippen LogP contribution in [-0.4, -0.2) is 60.1 Å². The van der Waals surface area contributed by atoms with E-state index < -0.39 is 5.82 Å². The summed E-state index contributed by atoms with van der Waals surface area (Å²) in [6.07, 6.45) is 3.18. The van der Waals surface area contributed by atoms with E-state index in [2.05, 4.69) is 5.32 Å². The van der Waals surface area contributed by atoms with Crippen LogP contribution in [0.2, 0.25) is 5.02 Å². The molecule has 4 rings (SSSR count). The Morgan fingerprint density at radius 2 is 1.85 bits per heavy atom. The maximum Gasteiger partial charge on any atom is 0.321 e. The molecule has 0 spiro atoms. The highest BCUT2D eigenvalue weighted by atomic mass is 35.5. The standard InChI is InChI=1S/C25H30ClFN4O3/c26-23-9-6-21(29-25(33)30-10-12-34-13-11-30)15-18(23)16-31(22-7-4-20(28)5-8-22)24(32)17-2-1-3-19(27)14-17/h1-3,6,9,14-15,20,22H,4-5,7-8,10-13,16,28H2,(H,29,33). The zero-order valence-electron chi connectivity index (χ0n) is 19.0. The van der Waals surface area contributed by atoms with Gasteiger partial charge in [0.05, 0.1) is 13.2 Å². The molecular formula is C25H30ClFN4O3. The van der Waals surface area contributed by atoms with Gasteiger partial charge in [-0.1, -0.05) is 17.7 Å². The Kier molecular flexibility index (Phi) is 8.03. The summed E-state index contributed by atoms with van der Waals surface area (Å²) < 4.78 is 19.1. The zero-order valence-corrected chi connectivity index (χ0v) is 19.8. The summed E-state index contributed by atoms with van der Waals surface area (Å²) in [5.74, 6) is -0.707. The van der Waals surface area contributed by atoms with Crippen LogP contribution in [0, 0.1) is 5.82 Å². The maximum absolute atomic E-state index is 13.8. The summed E-state index contributed by atoms with van der Waals surface area (Å²) in [6, 6.07) is 10.9. The lowest BCUT2D eigenvalue weighted by Gasteiger charge is -2.36. The van der Waals surface area contributed by atoms with E-state index >= 15 is 0 Å². The first-order valence-corrected chi connectivity index (χ1v) is 12.0. The molecule has 1 aliphatic heterocycles. The highest BCUT2D eigenvalue weighted by Crippen LogP contribution is 2.29. The van der Waals surface area contributed by atoms with Gasteiger partial charge in [-0.2, -0.15) is 0 Å². The van der Waals surface area contributed by atoms with Crippen LogP contribution < -0.4 is 11.1 Å². The van der Waals surface area contributed by atoms with E-state index in [9.17, 15) is 14.0 Å². The van der Waals surface area contributed by atoms with Crippen molar-refractivity contribution in [1.82, 2.24) is 9.80 Å². The van der Waals surface area contributed by atoms with Crippen molar-refractivity contribution in [3.8, 4) is 0 Å². The van der Waals surface area contributed by atoms with Crippen LogP contribution in [0.1, 0.15) is 41.6 Å². The molecule has 0 bridgehead atoms. The summed E-state index contributed by atoms with van der Waals surface area (Å²) in [4.78, 5) is 29.5. The summed E-state index contributed by atoms with van der Waals surface area (Å²) in [7, 11) is 0. The molecule has 0 aromatic heterocycles. The third-order valence-electron chi connectivity index (χ3n) is 6.45. The SMILES string of the molecule is NC1CCC(N(Cc2cc(NC(=O)N3CCOCC3)ccc2Cl)C(=O)c2cccc(F)c2)CC1. The number of urea groups is 1. The van der Waals surface area contributed by atoms with Crippen LogP contribution in [0.3, 0.4) is 0 Å². The molecule has 1 heterocycles. The molecular weight excluding hydrogens is 459 g/mol. The number of nitrogens with one attached hydrogen (secondary N) is 1. The van der Waals surface area contributed by atoms with Crippen LogP contribution in [0.5, 0.6) is 0 Å². The highest BCUT2D eigenvalue weighted by molar-refractivity contribution is 6.31. The Morgan fingerprint density at radius 1 is 1.12 bits per heavy atom. The fourth-order valence-electron chi connectivity index (χ4n) is 4.49. The minimum absolute atomic E-state index is 0.0294. The molecule has 34 heavy (non-hydrogen) atoms. The number of hydrogen-bond donors (Lipinski definition) is 2. The van der Waals surface area contributed by atoms with Gasteiger partial charge in [0.25, 0.3) is 5.91 Å². The van der Waals surface area contributed by atoms with E-state index in [4.69, 9.17) is 22.1 Å². The number of carbonyl (C=O) groups is 2. The smallest absolute Gasteiger partial charge is 0.321 e. The molecule has 2 aromatic rings. The first-order chi connectivity index (χ1) is 16.4. The normalized spacial score (nSPS) is 20.6. The summed E-state index contributed by atoms with van der Waals surface area (Å²) in [5, 5.41) is 3.40. The van der Waals surface area contributed by atoms with Crippen molar-refractivity contribution in [3.05, 3.63) is 64.4 Å². The Balaban J connectivity index is 1.55. The van der Waals surface area contributed by atoms with Gasteiger partial charge < -0.3 is 25.6 Å². The predicted molar refractivity (Wildman–Crippen MR) is 129 cm³/mol. The Bertz CT molecular complexity index is 1020. The molecule has 182 valence electrons. The average Bonchev–Trinajstić information content (AvgIpc) is 2.85. The topological polar surface area (TPSA) is 87.9 Å². The molecule has 7 nitrogen and oxygen atoms in total. The van der Waals surface area contributed by atoms with E-state index in [0.717, 1.165) is 25.7 Å². The van der Waals surface area contributed by atoms with Gasteiger partial charge in [-0.3, -0.25) is 4.79 Å². The number of anilines is 1. The van der Waals surface area contributed by atoms with Crippen LogP contribution in [0.15, 0.2) is 42.5 Å². The number of morpholine rings is 1. The van der Waals surface area contributed by atoms with Crippen molar-refractivity contribution < 1.29 is 18.7 Å². The molecule has 1 saturated carbocycles. The summed E-state index contributed by atoms with van der Waals surface area (Å²) in [6.45, 7) is 2.34. The second kappa shape index (κ2) is 11.2. The number of hydrogen-bond acceptors (Lipinski definition) is 4. The number of carbonyl (C=O) groups excluding carboxylic acids is 2. The van der Waals surface area contributed by atoms with Crippen molar-refractivity contribution in [2.75, 3.05) is 31.6 Å². The monoisotopic (exact) mass is 488 g/mol. The van der Waals surface area contributed by atoms with Gasteiger partial charge in [-0.15, -0.1) is 0 Å². The lowest BCUT2D eigenvalue weighted by atomic mass is 9.90. The maximum atomic E-state index is 13.8. The molecule has 2 aliphatic rings. The first kappa shape index (κ1) is 24.4. The number of nitrogens with two attached hydrogens (primary N) is 1. The average molecular weight is 489 g/mol. The fourth-order valence-corrected chi connectivity index (χ4v) is 4.67. The molecule has 3 amide bonds. The van der Waals surface area contributed by atoms with E-state index in [1.54, 1.807) is 34.1 Å². The minimum atomic E-state index is -0.456. The number of benzene rings is 2.